The van der Waals surface area contributed by atoms with Gasteiger partial charge in [-0.25, -0.2) is 13.5 Å². The summed E-state index contributed by atoms with van der Waals surface area (Å²) in [6.45, 7) is 2.95. The highest BCUT2D eigenvalue weighted by atomic mass is 32.2. The van der Waals surface area contributed by atoms with Crippen molar-refractivity contribution < 1.29 is 13.5 Å². The second-order valence-corrected chi connectivity index (χ2v) is 5.15. The maximum atomic E-state index is 11.0. The fourth-order valence-electron chi connectivity index (χ4n) is 0.496. The highest BCUT2D eigenvalue weighted by molar-refractivity contribution is 7.91. The van der Waals surface area contributed by atoms with E-state index < -0.39 is 9.84 Å². The molecule has 0 aromatic carbocycles. The van der Waals surface area contributed by atoms with Crippen LogP contribution in [-0.4, -0.2) is 26.0 Å². The van der Waals surface area contributed by atoms with Crippen molar-refractivity contribution in [2.45, 2.75) is 25.5 Å². The molecule has 0 rings (SSSR count). The first-order valence-corrected chi connectivity index (χ1v) is 5.02. The summed E-state index contributed by atoms with van der Waals surface area (Å²) in [6.07, 6.45) is 0.237. The van der Waals surface area contributed by atoms with Crippen molar-refractivity contribution >= 4 is 9.84 Å². The lowest BCUT2D eigenvalue weighted by atomic mass is 10.5. The van der Waals surface area contributed by atoms with Gasteiger partial charge >= 0.3 is 0 Å². The number of rotatable bonds is 4. The molecule has 0 spiro atoms. The lowest BCUT2D eigenvalue weighted by Crippen LogP contribution is -2.18. The Morgan fingerprint density at radius 3 is 2.10 bits per heavy atom. The van der Waals surface area contributed by atoms with Gasteiger partial charge in [-0.05, 0) is 20.3 Å². The van der Waals surface area contributed by atoms with Gasteiger partial charge in [-0.1, -0.05) is 0 Å². The van der Waals surface area contributed by atoms with E-state index in [-0.39, 0.29) is 24.0 Å². The van der Waals surface area contributed by atoms with Crippen LogP contribution in [0.2, 0.25) is 0 Å². The Morgan fingerprint density at radius 2 is 1.80 bits per heavy atom. The van der Waals surface area contributed by atoms with Crippen LogP contribution >= 0.6 is 0 Å². The van der Waals surface area contributed by atoms with Crippen LogP contribution in [0.3, 0.4) is 0 Å². The van der Waals surface area contributed by atoms with Crippen molar-refractivity contribution in [1.82, 2.24) is 0 Å². The summed E-state index contributed by atoms with van der Waals surface area (Å²) in [5, 5.41) is 9.59. The van der Waals surface area contributed by atoms with E-state index in [4.69, 9.17) is 0 Å². The van der Waals surface area contributed by atoms with Gasteiger partial charge in [0.2, 0.25) is 0 Å². The predicted molar refractivity (Wildman–Crippen MR) is 39.1 cm³/mol. The third kappa shape index (κ3) is 3.17. The predicted octanol–water partition coefficient (Wildman–Crippen LogP) is 0.630. The maximum Gasteiger partial charge on any atom is 0.152 e. The summed E-state index contributed by atoms with van der Waals surface area (Å²) in [5.74, 6) is 0.0359. The van der Waals surface area contributed by atoms with E-state index in [1.165, 1.54) is 0 Å². The molecule has 1 radical (unpaired) electrons. The van der Waals surface area contributed by atoms with Gasteiger partial charge < -0.3 is 0 Å². The van der Waals surface area contributed by atoms with E-state index in [1.807, 2.05) is 0 Å². The van der Waals surface area contributed by atoms with Crippen molar-refractivity contribution in [3.8, 4) is 0 Å². The van der Waals surface area contributed by atoms with E-state index in [0.29, 0.717) is 0 Å². The molecule has 0 N–H and O–H groups in total. The molecule has 0 aliphatic heterocycles. The topological polar surface area (TPSA) is 54.0 Å². The largest absolute Gasteiger partial charge is 0.237 e. The minimum atomic E-state index is -2.96. The van der Waals surface area contributed by atoms with Gasteiger partial charge in [0.1, 0.15) is 0 Å². The summed E-state index contributed by atoms with van der Waals surface area (Å²) >= 11 is 0. The summed E-state index contributed by atoms with van der Waals surface area (Å²) in [6, 6.07) is 0. The van der Waals surface area contributed by atoms with Crippen LogP contribution in [0.1, 0.15) is 20.3 Å². The van der Waals surface area contributed by atoms with Gasteiger partial charge in [0.15, 0.2) is 9.84 Å². The second kappa shape index (κ2) is 3.93. The first kappa shape index (κ1) is 9.91. The average molecular weight is 165 g/mol. The molecule has 4 heteroatoms. The molecule has 0 aliphatic rings. The van der Waals surface area contributed by atoms with E-state index in [9.17, 15) is 13.5 Å². The van der Waals surface area contributed by atoms with E-state index in [2.05, 4.69) is 0 Å². The summed E-state index contributed by atoms with van der Waals surface area (Å²) in [7, 11) is -2.96. The second-order valence-electron chi connectivity index (χ2n) is 2.47. The van der Waals surface area contributed by atoms with Gasteiger partial charge in [-0.3, -0.25) is 0 Å². The van der Waals surface area contributed by atoms with Crippen LogP contribution in [0.15, 0.2) is 0 Å². The lowest BCUT2D eigenvalue weighted by molar-refractivity contribution is 0.194. The number of sulfone groups is 1. The van der Waals surface area contributed by atoms with Crippen LogP contribution in [0, 0.1) is 0 Å². The van der Waals surface area contributed by atoms with Gasteiger partial charge in [0, 0.05) is 0 Å². The first-order chi connectivity index (χ1) is 4.50. The monoisotopic (exact) mass is 165 g/mol. The molecule has 0 saturated carbocycles. The molecule has 0 atom stereocenters. The molecule has 0 heterocycles. The SMILES string of the molecule is CC(C)S(=O)(=O)CCC[O]. The molecule has 3 nitrogen and oxygen atoms in total. The Morgan fingerprint density at radius 1 is 1.30 bits per heavy atom. The molecule has 0 fully saturated rings. The standard InChI is InChI=1S/C6H13O3S/c1-6(2)10(8,9)5-3-4-7/h6H,3-5H2,1-2H3. The van der Waals surface area contributed by atoms with Crippen LogP contribution in [0.4, 0.5) is 0 Å². The van der Waals surface area contributed by atoms with E-state index in [1.54, 1.807) is 13.8 Å². The highest BCUT2D eigenvalue weighted by Crippen LogP contribution is 2.01. The van der Waals surface area contributed by atoms with Gasteiger partial charge in [-0.15, -0.1) is 0 Å². The molecule has 0 aliphatic carbocycles. The third-order valence-corrected chi connectivity index (χ3v) is 3.59. The Bertz CT molecular complexity index is 169. The highest BCUT2D eigenvalue weighted by Gasteiger charge is 2.14. The van der Waals surface area contributed by atoms with Gasteiger partial charge in [-0.2, -0.15) is 0 Å². The zero-order valence-corrected chi connectivity index (χ0v) is 7.15. The smallest absolute Gasteiger partial charge is 0.152 e. The van der Waals surface area contributed by atoms with Gasteiger partial charge in [0.25, 0.3) is 0 Å². The Labute approximate surface area is 62.0 Å². The fourth-order valence-corrected chi connectivity index (χ4v) is 1.49. The molecule has 10 heavy (non-hydrogen) atoms. The summed E-state index contributed by atoms with van der Waals surface area (Å²) in [4.78, 5) is 0. The lowest BCUT2D eigenvalue weighted by Gasteiger charge is -2.04. The van der Waals surface area contributed by atoms with E-state index in [0.717, 1.165) is 0 Å². The Kier molecular flexibility index (Phi) is 3.89. The van der Waals surface area contributed by atoms with Crippen molar-refractivity contribution in [3.05, 3.63) is 0 Å². The van der Waals surface area contributed by atoms with Crippen molar-refractivity contribution in [2.75, 3.05) is 12.4 Å². The Hall–Kier alpha value is -0.0900. The van der Waals surface area contributed by atoms with Crippen LogP contribution in [0.25, 0.3) is 0 Å². The van der Waals surface area contributed by atoms with Crippen LogP contribution in [-0.2, 0) is 14.9 Å². The van der Waals surface area contributed by atoms with Gasteiger partial charge in [0.05, 0.1) is 17.6 Å². The molecule has 0 unspecified atom stereocenters. The molecular formula is C6H13O3S. The molecule has 0 aromatic rings. The average Bonchev–Trinajstić information content (AvgIpc) is 1.84. The summed E-state index contributed by atoms with van der Waals surface area (Å²) in [5.41, 5.74) is 0. The molecule has 0 aromatic heterocycles. The zero-order chi connectivity index (χ0) is 8.20. The van der Waals surface area contributed by atoms with E-state index >= 15 is 0 Å². The normalized spacial score (nSPS) is 12.4. The Balaban J connectivity index is 3.90. The molecule has 0 saturated heterocycles. The molecular weight excluding hydrogens is 152 g/mol. The van der Waals surface area contributed by atoms with Crippen LogP contribution < -0.4 is 0 Å². The minimum Gasteiger partial charge on any atom is -0.237 e. The van der Waals surface area contributed by atoms with Crippen molar-refractivity contribution in [1.29, 1.82) is 0 Å². The van der Waals surface area contributed by atoms with Crippen molar-refractivity contribution in [2.24, 2.45) is 0 Å². The van der Waals surface area contributed by atoms with Crippen LogP contribution in [0.5, 0.6) is 0 Å². The maximum absolute atomic E-state index is 11.0. The summed E-state index contributed by atoms with van der Waals surface area (Å²) < 4.78 is 21.9. The fraction of sp³-hybridized carbons (Fsp3) is 1.00. The number of hydrogen-bond acceptors (Lipinski definition) is 2. The zero-order valence-electron chi connectivity index (χ0n) is 6.33. The molecule has 0 amide bonds. The van der Waals surface area contributed by atoms with Crippen molar-refractivity contribution in [3.63, 3.8) is 0 Å². The third-order valence-electron chi connectivity index (χ3n) is 1.29. The molecule has 61 valence electrons. The number of hydrogen-bond donors (Lipinski definition) is 0. The first-order valence-electron chi connectivity index (χ1n) is 3.30. The molecule has 0 bridgehead atoms. The quantitative estimate of drug-likeness (QED) is 0.613. The minimum absolute atomic E-state index is 0.0359.